The molecule has 8 nitrogen and oxygen atoms in total. The summed E-state index contributed by atoms with van der Waals surface area (Å²) in [6.45, 7) is 2.27. The highest BCUT2D eigenvalue weighted by atomic mass is 19.1. The van der Waals surface area contributed by atoms with Crippen LogP contribution in [0.5, 0.6) is 0 Å². The first-order valence-corrected chi connectivity index (χ1v) is 10.5. The second-order valence-electron chi connectivity index (χ2n) is 7.64. The zero-order chi connectivity index (χ0) is 22.7. The minimum Gasteiger partial charge on any atom is -0.350 e. The summed E-state index contributed by atoms with van der Waals surface area (Å²) in [5, 5.41) is 7.52. The van der Waals surface area contributed by atoms with Crippen molar-refractivity contribution >= 4 is 23.4 Å². The van der Waals surface area contributed by atoms with Crippen LogP contribution in [0, 0.1) is 5.82 Å². The minimum absolute atomic E-state index is 0.0143. The number of carbonyl (C=O) groups is 1. The van der Waals surface area contributed by atoms with Gasteiger partial charge in [-0.05, 0) is 24.1 Å². The molecule has 0 radical (unpaired) electrons. The molecule has 2 aromatic heterocycles. The maximum absolute atomic E-state index is 13.1. The molecule has 0 aliphatic carbocycles. The fourth-order valence-corrected chi connectivity index (χ4v) is 3.82. The van der Waals surface area contributed by atoms with Crippen LogP contribution < -0.4 is 15.1 Å². The molecule has 168 valence electrons. The molecule has 1 aromatic carbocycles. The van der Waals surface area contributed by atoms with E-state index in [0.29, 0.717) is 37.0 Å². The number of halogens is 2. The Hall–Kier alpha value is -3.56. The molecule has 1 aliphatic heterocycles. The van der Waals surface area contributed by atoms with Gasteiger partial charge in [-0.15, -0.1) is 0 Å². The van der Waals surface area contributed by atoms with E-state index in [0.717, 1.165) is 11.1 Å². The summed E-state index contributed by atoms with van der Waals surface area (Å²) in [5.41, 5.74) is 2.40. The normalized spacial score (nSPS) is 15.8. The van der Waals surface area contributed by atoms with Crippen molar-refractivity contribution < 1.29 is 13.6 Å². The molecule has 0 saturated carbocycles. The molecule has 1 amide bonds. The highest BCUT2D eigenvalue weighted by Gasteiger charge is 2.36. The van der Waals surface area contributed by atoms with Gasteiger partial charge in [0, 0.05) is 25.4 Å². The maximum atomic E-state index is 13.1. The van der Waals surface area contributed by atoms with E-state index in [1.54, 1.807) is 29.2 Å². The van der Waals surface area contributed by atoms with Gasteiger partial charge in [0.2, 0.25) is 11.9 Å². The Morgan fingerprint density at radius 1 is 1.16 bits per heavy atom. The Balaban J connectivity index is 1.46. The van der Waals surface area contributed by atoms with Crippen LogP contribution in [0.25, 0.3) is 0 Å². The number of aromatic nitrogens is 4. The Morgan fingerprint density at radius 3 is 2.66 bits per heavy atom. The predicted octanol–water partition coefficient (Wildman–Crippen LogP) is 3.00. The molecule has 10 heteroatoms. The molecule has 32 heavy (non-hydrogen) atoms. The first kappa shape index (κ1) is 21.7. The molecule has 0 saturated heterocycles. The van der Waals surface area contributed by atoms with Gasteiger partial charge in [0.25, 0.3) is 0 Å². The van der Waals surface area contributed by atoms with Crippen LogP contribution in [0.15, 0.2) is 42.9 Å². The van der Waals surface area contributed by atoms with Gasteiger partial charge >= 0.3 is 0 Å². The summed E-state index contributed by atoms with van der Waals surface area (Å²) in [7, 11) is 1.81. The van der Waals surface area contributed by atoms with Crippen LogP contribution in [0.2, 0.25) is 0 Å². The average molecular weight is 441 g/mol. The summed E-state index contributed by atoms with van der Waals surface area (Å²) in [6.07, 6.45) is 5.79. The van der Waals surface area contributed by atoms with Crippen LogP contribution in [-0.2, 0) is 17.9 Å². The molecule has 1 atom stereocenters. The smallest absolute Gasteiger partial charge is 0.249 e. The van der Waals surface area contributed by atoms with Gasteiger partial charge in [0.05, 0.1) is 25.5 Å². The lowest BCUT2D eigenvalue weighted by Gasteiger charge is -2.39. The van der Waals surface area contributed by atoms with Gasteiger partial charge in [-0.1, -0.05) is 19.1 Å². The van der Waals surface area contributed by atoms with Crippen LogP contribution >= 0.6 is 0 Å². The van der Waals surface area contributed by atoms with Gasteiger partial charge < -0.3 is 15.1 Å². The fraction of sp³-hybridized carbons (Fsp3) is 0.364. The van der Waals surface area contributed by atoms with Crippen LogP contribution in [-0.4, -0.2) is 52.0 Å². The Bertz CT molecular complexity index is 1090. The van der Waals surface area contributed by atoms with E-state index in [4.69, 9.17) is 0 Å². The molecule has 0 fully saturated rings. The number of likely N-dealkylation sites (N-methyl/N-ethyl adjacent to an activating group) is 1. The zero-order valence-corrected chi connectivity index (χ0v) is 18.0. The van der Waals surface area contributed by atoms with E-state index in [-0.39, 0.29) is 24.3 Å². The van der Waals surface area contributed by atoms with E-state index >= 15 is 0 Å². The van der Waals surface area contributed by atoms with Crippen LogP contribution in [0.3, 0.4) is 0 Å². The van der Waals surface area contributed by atoms with E-state index < -0.39 is 6.67 Å². The van der Waals surface area contributed by atoms with Gasteiger partial charge in [-0.25, -0.2) is 13.8 Å². The first-order valence-electron chi connectivity index (χ1n) is 10.5. The van der Waals surface area contributed by atoms with Crippen molar-refractivity contribution in [2.75, 3.05) is 35.4 Å². The number of amides is 1. The van der Waals surface area contributed by atoms with Gasteiger partial charge in [-0.2, -0.15) is 10.1 Å². The monoisotopic (exact) mass is 441 g/mol. The van der Waals surface area contributed by atoms with Crippen molar-refractivity contribution in [2.24, 2.45) is 0 Å². The van der Waals surface area contributed by atoms with Crippen molar-refractivity contribution in [1.82, 2.24) is 19.7 Å². The third-order valence-corrected chi connectivity index (χ3v) is 5.48. The number of fused-ring (bicyclic) bond motifs is 1. The number of anilines is 3. The third kappa shape index (κ3) is 4.39. The van der Waals surface area contributed by atoms with Crippen molar-refractivity contribution in [3.05, 3.63) is 59.8 Å². The summed E-state index contributed by atoms with van der Waals surface area (Å²) in [6, 6.07) is 5.93. The number of nitrogens with one attached hydrogen (secondary N) is 1. The number of carbonyl (C=O) groups excluding carboxylic acids is 1. The topological polar surface area (TPSA) is 79.2 Å². The number of benzene rings is 1. The zero-order valence-electron chi connectivity index (χ0n) is 18.0. The van der Waals surface area contributed by atoms with Gasteiger partial charge in [0.15, 0.2) is 5.82 Å². The molecule has 3 heterocycles. The molecule has 1 unspecified atom stereocenters. The molecular weight excluding hydrogens is 416 g/mol. The highest BCUT2D eigenvalue weighted by molar-refractivity contribution is 6.04. The lowest BCUT2D eigenvalue weighted by Crippen LogP contribution is -2.52. The number of hydrogen-bond acceptors (Lipinski definition) is 6. The molecule has 1 N–H and O–H groups in total. The largest absolute Gasteiger partial charge is 0.350 e. The second kappa shape index (κ2) is 9.29. The molecule has 0 spiro atoms. The summed E-state index contributed by atoms with van der Waals surface area (Å²) in [4.78, 5) is 24.8. The highest BCUT2D eigenvalue weighted by Crippen LogP contribution is 2.34. The SMILES string of the molecule is CCC1C(=O)N(CCF)c2cnc(NCc3cnn(Cc4ccc(F)cc4)c3)nc2N1C. The molecule has 3 aromatic rings. The summed E-state index contributed by atoms with van der Waals surface area (Å²) in [5.74, 6) is 0.593. The summed E-state index contributed by atoms with van der Waals surface area (Å²) < 4.78 is 27.9. The average Bonchev–Trinajstić information content (AvgIpc) is 3.24. The lowest BCUT2D eigenvalue weighted by atomic mass is 10.1. The van der Waals surface area contributed by atoms with Crippen LogP contribution in [0.4, 0.5) is 26.2 Å². The van der Waals surface area contributed by atoms with Crippen molar-refractivity contribution in [3.8, 4) is 0 Å². The molecule has 0 bridgehead atoms. The number of hydrogen-bond donors (Lipinski definition) is 1. The Kier molecular flexibility index (Phi) is 6.29. The van der Waals surface area contributed by atoms with E-state index in [1.807, 2.05) is 25.1 Å². The van der Waals surface area contributed by atoms with Gasteiger partial charge in [0.1, 0.15) is 24.2 Å². The molecular formula is C22H25F2N7O. The fourth-order valence-electron chi connectivity index (χ4n) is 3.82. The number of nitrogens with zero attached hydrogens (tertiary/aromatic N) is 6. The second-order valence-corrected chi connectivity index (χ2v) is 7.64. The molecule has 4 rings (SSSR count). The van der Waals surface area contributed by atoms with Crippen molar-refractivity contribution in [1.29, 1.82) is 0 Å². The van der Waals surface area contributed by atoms with E-state index in [2.05, 4.69) is 20.4 Å². The quantitative estimate of drug-likeness (QED) is 0.579. The third-order valence-electron chi connectivity index (χ3n) is 5.48. The minimum atomic E-state index is -0.632. The summed E-state index contributed by atoms with van der Waals surface area (Å²) >= 11 is 0. The lowest BCUT2D eigenvalue weighted by molar-refractivity contribution is -0.120. The predicted molar refractivity (Wildman–Crippen MR) is 118 cm³/mol. The van der Waals surface area contributed by atoms with Gasteiger partial charge in [-0.3, -0.25) is 9.48 Å². The number of alkyl halides is 1. The van der Waals surface area contributed by atoms with Crippen LogP contribution in [0.1, 0.15) is 24.5 Å². The van der Waals surface area contributed by atoms with Crippen molar-refractivity contribution in [2.45, 2.75) is 32.5 Å². The van der Waals surface area contributed by atoms with E-state index in [9.17, 15) is 13.6 Å². The maximum Gasteiger partial charge on any atom is 0.249 e. The van der Waals surface area contributed by atoms with E-state index in [1.165, 1.54) is 17.0 Å². The Morgan fingerprint density at radius 2 is 1.94 bits per heavy atom. The number of rotatable bonds is 8. The standard InChI is InChI=1S/C22H25F2N7O/c1-3-18-21(32)31(9-8-23)19-12-26-22(28-20(19)29(18)2)25-10-16-11-27-30(14-16)13-15-4-6-17(24)7-5-15/h4-7,11-12,14,18H,3,8-10,13H2,1-2H3,(H,25,26,28). The molecule has 1 aliphatic rings. The first-order chi connectivity index (χ1) is 15.5. The van der Waals surface area contributed by atoms with Crippen molar-refractivity contribution in [3.63, 3.8) is 0 Å². The Labute approximate surface area is 184 Å².